The minimum atomic E-state index is -2.00. The van der Waals surface area contributed by atoms with Gasteiger partial charge in [0.2, 0.25) is 0 Å². The molecule has 1 fully saturated rings. The summed E-state index contributed by atoms with van der Waals surface area (Å²) < 4.78 is 34.1. The number of aryl methyl sites for hydroxylation is 1. The lowest BCUT2D eigenvalue weighted by atomic mass is 9.97. The van der Waals surface area contributed by atoms with E-state index in [0.717, 1.165) is 0 Å². The first-order valence-corrected chi connectivity index (χ1v) is 6.58. The molecule has 1 aliphatic rings. The number of anilines is 1. The molecule has 0 unspecified atom stereocenters. The van der Waals surface area contributed by atoms with Crippen molar-refractivity contribution in [1.82, 2.24) is 19.6 Å². The highest BCUT2D eigenvalue weighted by atomic mass is 19.1. The lowest BCUT2D eigenvalue weighted by Gasteiger charge is -2.25. The molecule has 4 atom stereocenters. The molecule has 0 aliphatic carbocycles. The van der Waals surface area contributed by atoms with E-state index >= 15 is 0 Å². The molecule has 1 aliphatic heterocycles. The van der Waals surface area contributed by atoms with Crippen LogP contribution in [0.2, 0.25) is 0 Å². The van der Waals surface area contributed by atoms with Crippen molar-refractivity contribution in [2.24, 2.45) is 0 Å². The van der Waals surface area contributed by atoms with Crippen molar-refractivity contribution < 1.29 is 23.7 Å². The van der Waals surface area contributed by atoms with Gasteiger partial charge in [-0.1, -0.05) is 0 Å². The number of ether oxygens (including phenoxy) is 1. The molecule has 10 heteroatoms. The van der Waals surface area contributed by atoms with Gasteiger partial charge in [0.15, 0.2) is 17.6 Å². The second-order valence-corrected chi connectivity index (χ2v) is 5.25. The number of aliphatic hydroxyl groups excluding tert-OH is 2. The first kappa shape index (κ1) is 15.0. The number of rotatable bonds is 3. The number of aliphatic hydroxyl groups is 2. The fourth-order valence-electron chi connectivity index (χ4n) is 2.57. The molecule has 22 heavy (non-hydrogen) atoms. The second-order valence-electron chi connectivity index (χ2n) is 5.25. The lowest BCUT2D eigenvalue weighted by molar-refractivity contribution is -0.123. The molecular weight excluding hydrogens is 300 g/mol. The van der Waals surface area contributed by atoms with E-state index in [9.17, 15) is 19.0 Å². The van der Waals surface area contributed by atoms with Gasteiger partial charge in [-0.15, -0.1) is 0 Å². The largest absolute Gasteiger partial charge is 0.393 e. The van der Waals surface area contributed by atoms with Crippen LogP contribution < -0.4 is 5.73 Å². The Morgan fingerprint density at radius 3 is 2.86 bits per heavy atom. The van der Waals surface area contributed by atoms with Gasteiger partial charge in [-0.3, -0.25) is 0 Å². The topological polar surface area (TPSA) is 119 Å². The number of hydrogen-bond acceptors (Lipinski definition) is 7. The maximum absolute atomic E-state index is 14.4. The number of hydrogen-bond donors (Lipinski definition) is 3. The third-order valence-electron chi connectivity index (χ3n) is 3.80. The molecule has 3 rings (SSSR count). The van der Waals surface area contributed by atoms with Crippen LogP contribution in [0.1, 0.15) is 17.6 Å². The van der Waals surface area contributed by atoms with Gasteiger partial charge in [-0.2, -0.15) is 5.10 Å². The minimum absolute atomic E-state index is 0.103. The molecule has 2 aromatic heterocycles. The van der Waals surface area contributed by atoms with E-state index in [1.165, 1.54) is 10.7 Å². The van der Waals surface area contributed by atoms with Gasteiger partial charge >= 0.3 is 0 Å². The summed E-state index contributed by atoms with van der Waals surface area (Å²) in [4.78, 5) is 7.93. The van der Waals surface area contributed by atoms with Gasteiger partial charge in [-0.25, -0.2) is 23.3 Å². The van der Waals surface area contributed by atoms with Gasteiger partial charge < -0.3 is 20.7 Å². The zero-order valence-corrected chi connectivity index (χ0v) is 11.6. The Balaban J connectivity index is 2.09. The molecule has 0 saturated carbocycles. The molecule has 0 amide bonds. The van der Waals surface area contributed by atoms with E-state index in [1.807, 2.05) is 0 Å². The lowest BCUT2D eigenvalue weighted by Crippen LogP contribution is -2.47. The summed E-state index contributed by atoms with van der Waals surface area (Å²) in [5.41, 5.74) is 4.08. The van der Waals surface area contributed by atoms with Crippen molar-refractivity contribution >= 4 is 11.5 Å². The van der Waals surface area contributed by atoms with Crippen LogP contribution in [-0.2, 0) is 4.74 Å². The van der Waals surface area contributed by atoms with Crippen LogP contribution in [0.25, 0.3) is 5.65 Å². The van der Waals surface area contributed by atoms with Gasteiger partial charge in [-0.05, 0) is 6.92 Å². The Bertz CT molecular complexity index is 705. The SMILES string of the molecule is Cc1nc(N)c2ncc([C@@H]3O[C@@](CO)(CF)[C@@H](O)[C@H]3F)n2n1. The van der Waals surface area contributed by atoms with Crippen molar-refractivity contribution in [1.29, 1.82) is 0 Å². The predicted molar refractivity (Wildman–Crippen MR) is 70.5 cm³/mol. The summed E-state index contributed by atoms with van der Waals surface area (Å²) in [7, 11) is 0. The number of fused-ring (bicyclic) bond motifs is 1. The highest BCUT2D eigenvalue weighted by Crippen LogP contribution is 2.42. The monoisotopic (exact) mass is 315 g/mol. The molecule has 1 saturated heterocycles. The van der Waals surface area contributed by atoms with Crippen LogP contribution in [-0.4, -0.2) is 61.0 Å². The number of nitrogens with two attached hydrogens (primary N) is 1. The van der Waals surface area contributed by atoms with Crippen LogP contribution in [0.4, 0.5) is 14.6 Å². The molecule has 0 bridgehead atoms. The zero-order chi connectivity index (χ0) is 16.1. The molecule has 8 nitrogen and oxygen atoms in total. The Morgan fingerprint density at radius 2 is 2.27 bits per heavy atom. The molecule has 3 heterocycles. The molecule has 120 valence electrons. The minimum Gasteiger partial charge on any atom is -0.393 e. The van der Waals surface area contributed by atoms with Crippen molar-refractivity contribution in [2.75, 3.05) is 19.0 Å². The van der Waals surface area contributed by atoms with Gasteiger partial charge in [0, 0.05) is 0 Å². The van der Waals surface area contributed by atoms with E-state index in [2.05, 4.69) is 15.1 Å². The average Bonchev–Trinajstić information content (AvgIpc) is 3.01. The summed E-state index contributed by atoms with van der Waals surface area (Å²) in [6.07, 6.45) is -3.81. The number of imidazole rings is 1. The fourth-order valence-corrected chi connectivity index (χ4v) is 2.57. The van der Waals surface area contributed by atoms with Crippen LogP contribution in [0.3, 0.4) is 0 Å². The van der Waals surface area contributed by atoms with E-state index in [1.54, 1.807) is 6.92 Å². The van der Waals surface area contributed by atoms with Crippen molar-refractivity contribution in [2.45, 2.75) is 30.9 Å². The normalized spacial score (nSPS) is 32.0. The van der Waals surface area contributed by atoms with E-state index in [4.69, 9.17) is 10.5 Å². The Morgan fingerprint density at radius 1 is 1.55 bits per heavy atom. The zero-order valence-electron chi connectivity index (χ0n) is 11.6. The average molecular weight is 315 g/mol. The van der Waals surface area contributed by atoms with Gasteiger partial charge in [0.25, 0.3) is 0 Å². The first-order valence-electron chi connectivity index (χ1n) is 6.58. The van der Waals surface area contributed by atoms with Crippen LogP contribution >= 0.6 is 0 Å². The van der Waals surface area contributed by atoms with Gasteiger partial charge in [0.05, 0.1) is 18.5 Å². The number of nitrogens with zero attached hydrogens (tertiary/aromatic N) is 4. The maximum Gasteiger partial charge on any atom is 0.196 e. The number of nitrogen functional groups attached to an aromatic ring is 1. The first-order chi connectivity index (χ1) is 10.4. The Labute approximate surface area is 123 Å². The fraction of sp³-hybridized carbons (Fsp3) is 0.583. The Kier molecular flexibility index (Phi) is 3.46. The quantitative estimate of drug-likeness (QED) is 0.697. The smallest absolute Gasteiger partial charge is 0.196 e. The van der Waals surface area contributed by atoms with E-state index in [0.29, 0.717) is 5.82 Å². The molecule has 4 N–H and O–H groups in total. The number of aromatic nitrogens is 4. The third-order valence-corrected chi connectivity index (χ3v) is 3.80. The van der Waals surface area contributed by atoms with Crippen LogP contribution in [0.15, 0.2) is 6.20 Å². The van der Waals surface area contributed by atoms with Crippen LogP contribution in [0, 0.1) is 6.92 Å². The van der Waals surface area contributed by atoms with E-state index in [-0.39, 0.29) is 17.2 Å². The molecule has 0 spiro atoms. The highest BCUT2D eigenvalue weighted by Gasteiger charge is 2.56. The van der Waals surface area contributed by atoms with Gasteiger partial charge in [0.1, 0.15) is 30.3 Å². The molecular formula is C12H15F2N5O3. The summed E-state index contributed by atoms with van der Waals surface area (Å²) in [5, 5.41) is 23.2. The maximum atomic E-state index is 14.4. The van der Waals surface area contributed by atoms with Crippen LogP contribution in [0.5, 0.6) is 0 Å². The summed E-state index contributed by atoms with van der Waals surface area (Å²) in [6.45, 7) is -0.487. The highest BCUT2D eigenvalue weighted by molar-refractivity contribution is 5.59. The second kappa shape index (κ2) is 5.07. The third kappa shape index (κ3) is 1.95. The van der Waals surface area contributed by atoms with E-state index < -0.39 is 37.3 Å². The summed E-state index contributed by atoms with van der Waals surface area (Å²) in [5.74, 6) is 0.434. The van der Waals surface area contributed by atoms with Crippen molar-refractivity contribution in [3.05, 3.63) is 17.7 Å². The number of halogens is 2. The number of alkyl halides is 2. The Hall–Kier alpha value is -1.91. The summed E-state index contributed by atoms with van der Waals surface area (Å²) in [6, 6.07) is 0. The molecule has 0 radical (unpaired) electrons. The van der Waals surface area contributed by atoms with Crippen molar-refractivity contribution in [3.8, 4) is 0 Å². The summed E-state index contributed by atoms with van der Waals surface area (Å²) >= 11 is 0. The molecule has 0 aromatic carbocycles. The predicted octanol–water partition coefficient (Wildman–Crippen LogP) is -0.514. The van der Waals surface area contributed by atoms with Crippen molar-refractivity contribution in [3.63, 3.8) is 0 Å². The standard InChI is InChI=1S/C12H15F2N5O3/c1-5-17-10(15)11-16-2-6(19(11)18-5)8-7(14)9(21)12(3-13,4-20)22-8/h2,7-9,20-21H,3-4H2,1H3,(H2,15,17,18)/t7-,8-,9-,12+/m0/s1. The molecule has 2 aromatic rings.